The lowest BCUT2D eigenvalue weighted by atomic mass is 10.0. The van der Waals surface area contributed by atoms with Gasteiger partial charge in [0.15, 0.2) is 0 Å². The zero-order valence-electron chi connectivity index (χ0n) is 16.3. The summed E-state index contributed by atoms with van der Waals surface area (Å²) >= 11 is 0. The van der Waals surface area contributed by atoms with Gasteiger partial charge in [0, 0.05) is 24.5 Å². The number of hydrogen-bond donors (Lipinski definition) is 2. The van der Waals surface area contributed by atoms with E-state index in [9.17, 15) is 4.79 Å². The zero-order chi connectivity index (χ0) is 20.2. The second kappa shape index (κ2) is 8.14. The van der Waals surface area contributed by atoms with Crippen molar-refractivity contribution in [3.8, 4) is 5.69 Å². The molecule has 6 nitrogen and oxygen atoms in total. The van der Waals surface area contributed by atoms with Crippen LogP contribution in [0.4, 0.5) is 0 Å². The molecular weight excluding hydrogens is 362 g/mol. The fourth-order valence-electron chi connectivity index (χ4n) is 3.44. The van der Waals surface area contributed by atoms with E-state index in [-0.39, 0.29) is 0 Å². The molecule has 0 aliphatic carbocycles. The summed E-state index contributed by atoms with van der Waals surface area (Å²) in [5.41, 5.74) is 12.2. The van der Waals surface area contributed by atoms with Gasteiger partial charge in [-0.3, -0.25) is 9.89 Å². The standard InChI is InChI=1S/C23H23N5O/c1-16-2-4-17(5-3-16)8-11-20-22(23(24)29)21(27-26-20)14-18-6-9-19(10-7-18)28-13-12-25-15-28/h2-7,9-10,12-13,15H,8,11,14H2,1H3,(H2,24,29)(H,26,27). The molecule has 0 radical (unpaired) electrons. The van der Waals surface area contributed by atoms with Crippen molar-refractivity contribution >= 4 is 5.91 Å². The highest BCUT2D eigenvalue weighted by atomic mass is 16.1. The summed E-state index contributed by atoms with van der Waals surface area (Å²) in [6, 6.07) is 16.5. The molecule has 4 rings (SSSR count). The second-order valence-electron chi connectivity index (χ2n) is 7.19. The number of primary amides is 1. The Kier molecular flexibility index (Phi) is 5.24. The van der Waals surface area contributed by atoms with Gasteiger partial charge in [-0.1, -0.05) is 42.0 Å². The van der Waals surface area contributed by atoms with Crippen molar-refractivity contribution in [1.29, 1.82) is 0 Å². The molecule has 29 heavy (non-hydrogen) atoms. The van der Waals surface area contributed by atoms with Crippen LogP contribution in [-0.4, -0.2) is 25.7 Å². The van der Waals surface area contributed by atoms with Crippen molar-refractivity contribution in [3.05, 3.63) is 101 Å². The molecular formula is C23H23N5O. The topological polar surface area (TPSA) is 89.6 Å². The lowest BCUT2D eigenvalue weighted by Crippen LogP contribution is -2.15. The molecule has 0 saturated heterocycles. The van der Waals surface area contributed by atoms with Crippen LogP contribution >= 0.6 is 0 Å². The fraction of sp³-hybridized carbons (Fsp3) is 0.174. The number of nitrogens with zero attached hydrogens (tertiary/aromatic N) is 3. The minimum atomic E-state index is -0.442. The number of nitrogens with one attached hydrogen (secondary N) is 1. The van der Waals surface area contributed by atoms with Gasteiger partial charge in [0.05, 0.1) is 23.3 Å². The van der Waals surface area contributed by atoms with Crippen LogP contribution in [-0.2, 0) is 19.3 Å². The Morgan fingerprint density at radius 3 is 2.41 bits per heavy atom. The van der Waals surface area contributed by atoms with E-state index in [2.05, 4.69) is 46.4 Å². The molecule has 0 bridgehead atoms. The summed E-state index contributed by atoms with van der Waals surface area (Å²) < 4.78 is 1.94. The Bertz CT molecular complexity index is 1090. The normalized spacial score (nSPS) is 10.9. The molecule has 2 aromatic heterocycles. The maximum atomic E-state index is 12.1. The lowest BCUT2D eigenvalue weighted by Gasteiger charge is -2.06. The number of aromatic amines is 1. The molecule has 0 unspecified atom stereocenters. The molecule has 0 aliphatic rings. The Balaban J connectivity index is 1.50. The Hall–Kier alpha value is -3.67. The maximum Gasteiger partial charge on any atom is 0.252 e. The molecule has 3 N–H and O–H groups in total. The summed E-state index contributed by atoms with van der Waals surface area (Å²) in [4.78, 5) is 16.2. The molecule has 0 aliphatic heterocycles. The number of aryl methyl sites for hydroxylation is 3. The minimum absolute atomic E-state index is 0.442. The molecule has 2 heterocycles. The molecule has 0 saturated carbocycles. The number of nitrogens with two attached hydrogens (primary N) is 1. The first-order valence-corrected chi connectivity index (χ1v) is 9.59. The monoisotopic (exact) mass is 385 g/mol. The quantitative estimate of drug-likeness (QED) is 0.511. The summed E-state index contributed by atoms with van der Waals surface area (Å²) in [7, 11) is 0. The molecule has 2 aromatic carbocycles. The number of H-pyrrole nitrogens is 1. The van der Waals surface area contributed by atoms with E-state index in [0.29, 0.717) is 18.4 Å². The van der Waals surface area contributed by atoms with Crippen LogP contribution < -0.4 is 5.73 Å². The van der Waals surface area contributed by atoms with E-state index in [4.69, 9.17) is 5.73 Å². The van der Waals surface area contributed by atoms with Crippen molar-refractivity contribution in [2.75, 3.05) is 0 Å². The van der Waals surface area contributed by atoms with Crippen LogP contribution in [0.2, 0.25) is 0 Å². The van der Waals surface area contributed by atoms with Crippen molar-refractivity contribution in [3.63, 3.8) is 0 Å². The Labute approximate surface area is 169 Å². The van der Waals surface area contributed by atoms with Crippen LogP contribution in [0.1, 0.15) is 38.4 Å². The van der Waals surface area contributed by atoms with E-state index in [1.165, 1.54) is 11.1 Å². The number of amides is 1. The van der Waals surface area contributed by atoms with Crippen molar-refractivity contribution in [2.45, 2.75) is 26.2 Å². The average Bonchev–Trinajstić information content (AvgIpc) is 3.38. The zero-order valence-corrected chi connectivity index (χ0v) is 16.3. The highest BCUT2D eigenvalue weighted by Crippen LogP contribution is 2.19. The van der Waals surface area contributed by atoms with Gasteiger partial charge in [0.25, 0.3) is 5.91 Å². The third kappa shape index (κ3) is 4.27. The third-order valence-electron chi connectivity index (χ3n) is 5.05. The molecule has 0 fully saturated rings. The molecule has 1 amide bonds. The number of benzene rings is 2. The van der Waals surface area contributed by atoms with Crippen molar-refractivity contribution < 1.29 is 4.79 Å². The van der Waals surface area contributed by atoms with Crippen molar-refractivity contribution in [1.82, 2.24) is 19.7 Å². The van der Waals surface area contributed by atoms with Gasteiger partial charge >= 0.3 is 0 Å². The van der Waals surface area contributed by atoms with Gasteiger partial charge in [0.1, 0.15) is 0 Å². The van der Waals surface area contributed by atoms with E-state index in [1.54, 1.807) is 12.5 Å². The van der Waals surface area contributed by atoms with Crippen LogP contribution in [0.3, 0.4) is 0 Å². The minimum Gasteiger partial charge on any atom is -0.365 e. The van der Waals surface area contributed by atoms with Gasteiger partial charge in [-0.05, 0) is 43.0 Å². The van der Waals surface area contributed by atoms with Gasteiger partial charge < -0.3 is 10.3 Å². The number of carbonyl (C=O) groups is 1. The van der Waals surface area contributed by atoms with Gasteiger partial charge in [-0.25, -0.2) is 4.98 Å². The van der Waals surface area contributed by atoms with Crippen LogP contribution in [0.15, 0.2) is 67.3 Å². The molecule has 6 heteroatoms. The summed E-state index contributed by atoms with van der Waals surface area (Å²) in [5, 5.41) is 7.41. The molecule has 4 aromatic rings. The SMILES string of the molecule is Cc1ccc(CCc2n[nH]c(Cc3ccc(-n4ccnc4)cc3)c2C(N)=O)cc1. The third-order valence-corrected chi connectivity index (χ3v) is 5.05. The van der Waals surface area contributed by atoms with E-state index in [1.807, 2.05) is 35.0 Å². The summed E-state index contributed by atoms with van der Waals surface area (Å²) in [6.45, 7) is 2.07. The van der Waals surface area contributed by atoms with Crippen LogP contribution in [0.5, 0.6) is 0 Å². The van der Waals surface area contributed by atoms with E-state index >= 15 is 0 Å². The smallest absolute Gasteiger partial charge is 0.252 e. The van der Waals surface area contributed by atoms with Crippen molar-refractivity contribution in [2.24, 2.45) is 5.73 Å². The van der Waals surface area contributed by atoms with Gasteiger partial charge in [0.2, 0.25) is 0 Å². The lowest BCUT2D eigenvalue weighted by molar-refractivity contribution is 0.0998. The number of rotatable bonds is 7. The largest absolute Gasteiger partial charge is 0.365 e. The predicted molar refractivity (Wildman–Crippen MR) is 112 cm³/mol. The number of hydrogen-bond acceptors (Lipinski definition) is 3. The number of imidazole rings is 1. The van der Waals surface area contributed by atoms with Crippen LogP contribution in [0, 0.1) is 6.92 Å². The first-order valence-electron chi connectivity index (χ1n) is 9.59. The van der Waals surface area contributed by atoms with E-state index in [0.717, 1.165) is 29.1 Å². The fourth-order valence-corrected chi connectivity index (χ4v) is 3.44. The maximum absolute atomic E-state index is 12.1. The van der Waals surface area contributed by atoms with Gasteiger partial charge in [-0.2, -0.15) is 5.10 Å². The number of carbonyl (C=O) groups excluding carboxylic acids is 1. The first kappa shape index (κ1) is 18.7. The highest BCUT2D eigenvalue weighted by molar-refractivity contribution is 5.95. The number of aromatic nitrogens is 4. The summed E-state index contributed by atoms with van der Waals surface area (Å²) in [5.74, 6) is -0.442. The van der Waals surface area contributed by atoms with Crippen LogP contribution in [0.25, 0.3) is 5.69 Å². The molecule has 0 atom stereocenters. The predicted octanol–water partition coefficient (Wildman–Crippen LogP) is 3.38. The average molecular weight is 385 g/mol. The molecule has 0 spiro atoms. The molecule has 146 valence electrons. The Morgan fingerprint density at radius 2 is 1.76 bits per heavy atom. The first-order chi connectivity index (χ1) is 14.1. The second-order valence-corrected chi connectivity index (χ2v) is 7.19. The summed E-state index contributed by atoms with van der Waals surface area (Å²) in [6.07, 6.45) is 7.45. The highest BCUT2D eigenvalue weighted by Gasteiger charge is 2.18. The van der Waals surface area contributed by atoms with Gasteiger partial charge in [-0.15, -0.1) is 0 Å². The Morgan fingerprint density at radius 1 is 1.03 bits per heavy atom. The van der Waals surface area contributed by atoms with E-state index < -0.39 is 5.91 Å².